The zero-order valence-corrected chi connectivity index (χ0v) is 9.97. The van der Waals surface area contributed by atoms with Crippen LogP contribution >= 0.6 is 11.6 Å². The number of alkyl halides is 1. The van der Waals surface area contributed by atoms with Crippen LogP contribution in [0, 0.1) is 5.92 Å². The van der Waals surface area contributed by atoms with Gasteiger partial charge in [0.2, 0.25) is 0 Å². The lowest BCUT2D eigenvalue weighted by Gasteiger charge is -2.11. The van der Waals surface area contributed by atoms with Crippen molar-refractivity contribution in [1.29, 1.82) is 0 Å². The smallest absolute Gasteiger partial charge is 0.357 e. The molecule has 2 fully saturated rings. The molecule has 1 spiro atoms. The van der Waals surface area contributed by atoms with Crippen LogP contribution in [0.25, 0.3) is 0 Å². The van der Waals surface area contributed by atoms with E-state index in [0.717, 1.165) is 25.7 Å². The molecule has 0 aromatic carbocycles. The third kappa shape index (κ3) is 1.66. The van der Waals surface area contributed by atoms with Crippen LogP contribution in [0.1, 0.15) is 39.0 Å². The Balaban J connectivity index is 2.08. The van der Waals surface area contributed by atoms with Gasteiger partial charge >= 0.3 is 5.97 Å². The highest BCUT2D eigenvalue weighted by Crippen LogP contribution is 2.59. The molecule has 0 N–H and O–H groups in total. The number of carbonyl (C=O) groups is 1. The molecule has 15 heavy (non-hydrogen) atoms. The molecule has 3 nitrogen and oxygen atoms in total. The first-order valence-corrected chi connectivity index (χ1v) is 5.89. The fourth-order valence-electron chi connectivity index (χ4n) is 2.51. The van der Waals surface area contributed by atoms with Gasteiger partial charge in [0, 0.05) is 0 Å². The summed E-state index contributed by atoms with van der Waals surface area (Å²) >= 11 is 6.15. The molecule has 0 amide bonds. The van der Waals surface area contributed by atoms with Crippen LogP contribution in [-0.2, 0) is 14.3 Å². The summed E-state index contributed by atoms with van der Waals surface area (Å²) in [5.41, 5.74) is -0.438. The van der Waals surface area contributed by atoms with Crippen LogP contribution in [0.5, 0.6) is 0 Å². The van der Waals surface area contributed by atoms with Gasteiger partial charge in [-0.1, -0.05) is 31.4 Å². The molecule has 3 unspecified atom stereocenters. The first-order chi connectivity index (χ1) is 7.04. The van der Waals surface area contributed by atoms with Gasteiger partial charge in [0.1, 0.15) is 5.60 Å². The molecule has 0 aromatic rings. The van der Waals surface area contributed by atoms with E-state index in [2.05, 4.69) is 11.7 Å². The number of hydrogen-bond acceptors (Lipinski definition) is 3. The topological polar surface area (TPSA) is 38.8 Å². The Labute approximate surface area is 95.1 Å². The van der Waals surface area contributed by atoms with E-state index in [4.69, 9.17) is 16.3 Å². The van der Waals surface area contributed by atoms with E-state index in [1.807, 2.05) is 0 Å². The van der Waals surface area contributed by atoms with Crippen LogP contribution in [0.2, 0.25) is 0 Å². The molecule has 1 saturated carbocycles. The van der Waals surface area contributed by atoms with Gasteiger partial charge in [-0.15, -0.1) is 0 Å². The largest absolute Gasteiger partial charge is 0.466 e. The average molecular weight is 233 g/mol. The Morgan fingerprint density at radius 3 is 2.87 bits per heavy atom. The summed E-state index contributed by atoms with van der Waals surface area (Å²) in [5, 5.41) is -1.19. The summed E-state index contributed by atoms with van der Waals surface area (Å²) in [4.78, 5) is 11.5. The monoisotopic (exact) mass is 232 g/mol. The van der Waals surface area contributed by atoms with Crippen molar-refractivity contribution in [3.8, 4) is 0 Å². The maximum absolute atomic E-state index is 11.5. The van der Waals surface area contributed by atoms with Crippen LogP contribution in [0.4, 0.5) is 0 Å². The van der Waals surface area contributed by atoms with Gasteiger partial charge in [-0.05, 0) is 25.2 Å². The normalized spacial score (nSPS) is 44.9. The van der Waals surface area contributed by atoms with Crippen LogP contribution in [0.15, 0.2) is 0 Å². The molecule has 1 saturated heterocycles. The van der Waals surface area contributed by atoms with E-state index >= 15 is 0 Å². The number of rotatable bonds is 1. The van der Waals surface area contributed by atoms with Gasteiger partial charge < -0.3 is 9.47 Å². The molecule has 1 heterocycles. The maximum atomic E-state index is 11.5. The van der Waals surface area contributed by atoms with Crippen molar-refractivity contribution >= 4 is 17.6 Å². The number of esters is 1. The number of ether oxygens (including phenoxy) is 2. The van der Waals surface area contributed by atoms with E-state index < -0.39 is 16.6 Å². The molecule has 86 valence electrons. The van der Waals surface area contributed by atoms with Crippen LogP contribution in [0.3, 0.4) is 0 Å². The van der Waals surface area contributed by atoms with Crippen molar-refractivity contribution in [2.24, 2.45) is 5.92 Å². The van der Waals surface area contributed by atoms with Crippen molar-refractivity contribution in [1.82, 2.24) is 0 Å². The molecule has 2 aliphatic rings. The zero-order chi connectivity index (χ0) is 11.1. The maximum Gasteiger partial charge on any atom is 0.357 e. The lowest BCUT2D eigenvalue weighted by Crippen LogP contribution is -2.30. The Morgan fingerprint density at radius 2 is 2.20 bits per heavy atom. The fourth-order valence-corrected chi connectivity index (χ4v) is 2.93. The highest BCUT2D eigenvalue weighted by atomic mass is 35.5. The second-order valence-corrected chi connectivity index (χ2v) is 5.25. The molecule has 1 aliphatic carbocycles. The van der Waals surface area contributed by atoms with Gasteiger partial charge in [-0.25, -0.2) is 4.79 Å². The third-order valence-corrected chi connectivity index (χ3v) is 4.22. The summed E-state index contributed by atoms with van der Waals surface area (Å²) in [5.74, 6) is 0.255. The van der Waals surface area contributed by atoms with Crippen molar-refractivity contribution < 1.29 is 14.3 Å². The molecule has 1 aliphatic heterocycles. The fraction of sp³-hybridized carbons (Fsp3) is 0.909. The van der Waals surface area contributed by atoms with Crippen molar-refractivity contribution in [2.75, 3.05) is 7.11 Å². The summed E-state index contributed by atoms with van der Waals surface area (Å²) in [6, 6.07) is 0. The minimum Gasteiger partial charge on any atom is -0.466 e. The zero-order valence-electron chi connectivity index (χ0n) is 9.22. The molecule has 2 rings (SSSR count). The molecule has 0 radical (unpaired) electrons. The summed E-state index contributed by atoms with van der Waals surface area (Å²) in [7, 11) is 1.35. The van der Waals surface area contributed by atoms with Crippen LogP contribution < -0.4 is 0 Å². The minimum absolute atomic E-state index is 0.438. The van der Waals surface area contributed by atoms with Gasteiger partial charge in [0.15, 0.2) is 0 Å². The summed E-state index contributed by atoms with van der Waals surface area (Å²) < 4.78 is 10.2. The van der Waals surface area contributed by atoms with Crippen LogP contribution in [-0.4, -0.2) is 23.7 Å². The molecule has 3 atom stereocenters. The molecule has 0 bridgehead atoms. The second-order valence-electron chi connectivity index (χ2n) is 4.72. The molecule has 4 heteroatoms. The number of carbonyl (C=O) groups excluding carboxylic acids is 1. The number of methoxy groups -OCH3 is 1. The highest BCUT2D eigenvalue weighted by Gasteiger charge is 2.74. The number of halogens is 1. The SMILES string of the molecule is COC(=O)C1(Cl)OC12CCCC(C)CC2. The van der Waals surface area contributed by atoms with Gasteiger partial charge in [-0.2, -0.15) is 0 Å². The van der Waals surface area contributed by atoms with E-state index in [0.29, 0.717) is 5.92 Å². The van der Waals surface area contributed by atoms with Gasteiger partial charge in [0.25, 0.3) is 5.06 Å². The number of epoxide rings is 1. The summed E-state index contributed by atoms with van der Waals surface area (Å²) in [6.07, 6.45) is 5.08. The first kappa shape index (κ1) is 11.2. The Hall–Kier alpha value is -0.280. The molecular weight excluding hydrogens is 216 g/mol. The van der Waals surface area contributed by atoms with E-state index in [-0.39, 0.29) is 0 Å². The molecular formula is C11H17ClO3. The third-order valence-electron chi connectivity index (χ3n) is 3.65. The predicted molar refractivity (Wildman–Crippen MR) is 56.7 cm³/mol. The highest BCUT2D eigenvalue weighted by molar-refractivity contribution is 6.35. The van der Waals surface area contributed by atoms with E-state index in [9.17, 15) is 4.79 Å². The van der Waals surface area contributed by atoms with Crippen molar-refractivity contribution in [3.63, 3.8) is 0 Å². The minimum atomic E-state index is -1.19. The average Bonchev–Trinajstić information content (AvgIpc) is 2.86. The number of hydrogen-bond donors (Lipinski definition) is 0. The predicted octanol–water partition coefficient (Wildman–Crippen LogP) is 2.46. The first-order valence-electron chi connectivity index (χ1n) is 5.51. The van der Waals surface area contributed by atoms with Crippen molar-refractivity contribution in [3.05, 3.63) is 0 Å². The van der Waals surface area contributed by atoms with E-state index in [1.165, 1.54) is 13.5 Å². The summed E-state index contributed by atoms with van der Waals surface area (Å²) in [6.45, 7) is 2.23. The lowest BCUT2D eigenvalue weighted by atomic mass is 9.95. The second kappa shape index (κ2) is 3.63. The Bertz CT molecular complexity index is 281. The molecule has 0 aromatic heterocycles. The Morgan fingerprint density at radius 1 is 1.47 bits per heavy atom. The Kier molecular flexibility index (Phi) is 2.72. The van der Waals surface area contributed by atoms with Crippen molar-refractivity contribution in [2.45, 2.75) is 49.7 Å². The van der Waals surface area contributed by atoms with E-state index in [1.54, 1.807) is 0 Å². The van der Waals surface area contributed by atoms with Gasteiger partial charge in [-0.3, -0.25) is 0 Å². The quantitative estimate of drug-likeness (QED) is 0.396. The van der Waals surface area contributed by atoms with Gasteiger partial charge in [0.05, 0.1) is 7.11 Å². The standard InChI is InChI=1S/C11H17ClO3/c1-8-4-3-6-10(7-5-8)11(12,15-10)9(13)14-2/h8H,3-7H2,1-2H3. The lowest BCUT2D eigenvalue weighted by molar-refractivity contribution is -0.143.